The van der Waals surface area contributed by atoms with Crippen molar-refractivity contribution in [2.24, 2.45) is 35.3 Å². The van der Waals surface area contributed by atoms with E-state index in [1.807, 2.05) is 26.0 Å². The molecule has 0 saturated heterocycles. The average Bonchev–Trinajstić information content (AvgIpc) is 2.81. The molecule has 0 aromatic heterocycles. The molecule has 9 heteroatoms. The first-order valence-electron chi connectivity index (χ1n) is 12.5. The van der Waals surface area contributed by atoms with Gasteiger partial charge < -0.3 is 15.6 Å². The molecule has 0 bridgehead atoms. The lowest BCUT2D eigenvalue weighted by Crippen LogP contribution is -2.76. The third-order valence-corrected chi connectivity index (χ3v) is 8.50. The maximum absolute atomic E-state index is 14.0. The second-order valence-corrected chi connectivity index (χ2v) is 10.7. The summed E-state index contributed by atoms with van der Waals surface area (Å²) in [5.41, 5.74) is 3.73. The summed E-state index contributed by atoms with van der Waals surface area (Å²) in [5.74, 6) is -10.1. The smallest absolute Gasteiger partial charge is 0.235 e. The first-order valence-corrected chi connectivity index (χ1v) is 12.5. The Morgan fingerprint density at radius 2 is 1.81 bits per heavy atom. The predicted molar refractivity (Wildman–Crippen MR) is 129 cm³/mol. The molecule has 0 aliphatic heterocycles. The van der Waals surface area contributed by atoms with E-state index in [0.29, 0.717) is 17.9 Å². The van der Waals surface area contributed by atoms with Crippen LogP contribution < -0.4 is 10.5 Å². The Balaban J connectivity index is 1.89. The van der Waals surface area contributed by atoms with Crippen molar-refractivity contribution in [3.8, 4) is 5.75 Å². The first-order chi connectivity index (χ1) is 16.9. The fraction of sp³-hybridized carbons (Fsp3) is 0.593. The normalized spacial score (nSPS) is 35.8. The lowest BCUT2D eigenvalue weighted by atomic mass is 9.47. The van der Waals surface area contributed by atoms with Crippen molar-refractivity contribution in [1.82, 2.24) is 4.90 Å². The standard InChI is InChI=1S/C27H34N2O7/c1-6-7-11-36-15-10-8-9-14-12(2)16-13(3)20-21(29(4)5)23(31)19(26(28)34)25(33)27(20,35)24(32)18(16)22(30)17(14)15/h8-10,12-13,16,18-21,35H,6-7,11H2,1-5H3,(H2,28,34)/t12-,13-,16-,18?,19?,20-,21-,27-/m0/s1. The summed E-state index contributed by atoms with van der Waals surface area (Å²) in [5, 5.41) is 11.8. The number of unbranched alkanes of at least 4 members (excludes halogenated alkanes) is 1. The van der Waals surface area contributed by atoms with E-state index in [9.17, 15) is 29.1 Å². The fourth-order valence-electron chi connectivity index (χ4n) is 6.88. The van der Waals surface area contributed by atoms with Gasteiger partial charge in [0, 0.05) is 5.92 Å². The van der Waals surface area contributed by atoms with Crippen molar-refractivity contribution in [2.45, 2.75) is 51.2 Å². The number of rotatable bonds is 6. The van der Waals surface area contributed by atoms with E-state index in [-0.39, 0.29) is 5.92 Å². The van der Waals surface area contributed by atoms with Crippen molar-refractivity contribution in [3.63, 3.8) is 0 Å². The SMILES string of the molecule is CCCCOc1cccc2c1C(=O)C1C(=O)[C@]3(O)C(=O)C(C(N)=O)C(=O)[C@@H](N(C)C)[C@@H]3[C@@H](C)[C@@H]1[C@H]2C. The molecule has 8 atom stereocenters. The lowest BCUT2D eigenvalue weighted by molar-refractivity contribution is -0.188. The molecular weight excluding hydrogens is 464 g/mol. The number of likely N-dealkylation sites (N-methyl/N-ethyl adjacent to an activating group) is 1. The molecule has 194 valence electrons. The lowest BCUT2D eigenvalue weighted by Gasteiger charge is -2.57. The van der Waals surface area contributed by atoms with Gasteiger partial charge in [0.05, 0.1) is 24.1 Å². The zero-order valence-corrected chi connectivity index (χ0v) is 21.3. The largest absolute Gasteiger partial charge is 0.493 e. The number of Topliss-reactive ketones (excluding diaryl/α,β-unsaturated/α-hetero) is 4. The van der Waals surface area contributed by atoms with Crippen molar-refractivity contribution in [3.05, 3.63) is 29.3 Å². The summed E-state index contributed by atoms with van der Waals surface area (Å²) in [6.07, 6.45) is 1.70. The third-order valence-electron chi connectivity index (χ3n) is 8.50. The van der Waals surface area contributed by atoms with Gasteiger partial charge in [0.15, 0.2) is 34.7 Å². The van der Waals surface area contributed by atoms with Crippen LogP contribution in [0.2, 0.25) is 0 Å². The van der Waals surface area contributed by atoms with Gasteiger partial charge in [-0.15, -0.1) is 0 Å². The van der Waals surface area contributed by atoms with E-state index in [1.165, 1.54) is 4.90 Å². The number of primary amides is 1. The van der Waals surface area contributed by atoms with Crippen LogP contribution in [0.25, 0.3) is 0 Å². The molecule has 2 fully saturated rings. The van der Waals surface area contributed by atoms with Crippen LogP contribution in [0, 0.1) is 29.6 Å². The molecule has 1 aromatic rings. The van der Waals surface area contributed by atoms with Gasteiger partial charge in [-0.25, -0.2) is 0 Å². The number of hydrogen-bond donors (Lipinski definition) is 2. The van der Waals surface area contributed by atoms with Crippen molar-refractivity contribution in [1.29, 1.82) is 0 Å². The molecule has 2 unspecified atom stereocenters. The summed E-state index contributed by atoms with van der Waals surface area (Å²) in [7, 11) is 3.18. The van der Waals surface area contributed by atoms with E-state index in [4.69, 9.17) is 10.5 Å². The number of ether oxygens (including phenoxy) is 1. The predicted octanol–water partition coefficient (Wildman–Crippen LogP) is 1.15. The van der Waals surface area contributed by atoms with Gasteiger partial charge in [-0.2, -0.15) is 0 Å². The Morgan fingerprint density at radius 3 is 2.39 bits per heavy atom. The maximum atomic E-state index is 14.0. The molecule has 2 saturated carbocycles. The highest BCUT2D eigenvalue weighted by molar-refractivity contribution is 6.32. The Hall–Kier alpha value is -2.91. The minimum absolute atomic E-state index is 0.289. The van der Waals surface area contributed by atoms with Crippen molar-refractivity contribution in [2.75, 3.05) is 20.7 Å². The molecule has 3 N–H and O–H groups in total. The quantitative estimate of drug-likeness (QED) is 0.439. The number of nitrogens with zero attached hydrogens (tertiary/aromatic N) is 1. The minimum Gasteiger partial charge on any atom is -0.493 e. The Labute approximate surface area is 210 Å². The molecule has 1 amide bonds. The number of carbonyl (C=O) groups is 5. The number of aliphatic hydroxyl groups is 1. The van der Waals surface area contributed by atoms with Crippen LogP contribution in [0.15, 0.2) is 18.2 Å². The van der Waals surface area contributed by atoms with Crippen LogP contribution in [0.1, 0.15) is 55.5 Å². The Bertz CT molecular complexity index is 1140. The highest BCUT2D eigenvalue weighted by Gasteiger charge is 2.72. The maximum Gasteiger partial charge on any atom is 0.235 e. The molecule has 3 aliphatic rings. The topological polar surface area (TPSA) is 144 Å². The molecule has 9 nitrogen and oxygen atoms in total. The summed E-state index contributed by atoms with van der Waals surface area (Å²) < 4.78 is 5.90. The molecule has 1 aromatic carbocycles. The zero-order valence-electron chi connectivity index (χ0n) is 21.3. The van der Waals surface area contributed by atoms with Crippen LogP contribution in [0.4, 0.5) is 0 Å². The van der Waals surface area contributed by atoms with Gasteiger partial charge in [-0.05, 0) is 49.9 Å². The number of benzene rings is 1. The van der Waals surface area contributed by atoms with Crippen LogP contribution in [-0.2, 0) is 19.2 Å². The second-order valence-electron chi connectivity index (χ2n) is 10.7. The Kier molecular flexibility index (Phi) is 6.68. The fourth-order valence-corrected chi connectivity index (χ4v) is 6.88. The number of carbonyl (C=O) groups excluding carboxylic acids is 5. The van der Waals surface area contributed by atoms with E-state index >= 15 is 0 Å². The van der Waals surface area contributed by atoms with Crippen molar-refractivity contribution >= 4 is 29.0 Å². The van der Waals surface area contributed by atoms with Crippen molar-refractivity contribution < 1.29 is 33.8 Å². The molecule has 0 spiro atoms. The summed E-state index contributed by atoms with van der Waals surface area (Å²) in [4.78, 5) is 68.3. The van der Waals surface area contributed by atoms with E-state index in [0.717, 1.165) is 18.4 Å². The highest BCUT2D eigenvalue weighted by atomic mass is 16.5. The van der Waals surface area contributed by atoms with Gasteiger partial charge in [0.25, 0.3) is 0 Å². The van der Waals surface area contributed by atoms with E-state index in [1.54, 1.807) is 27.1 Å². The summed E-state index contributed by atoms with van der Waals surface area (Å²) in [6.45, 7) is 6.10. The molecule has 36 heavy (non-hydrogen) atoms. The van der Waals surface area contributed by atoms with Gasteiger partial charge in [0.2, 0.25) is 5.91 Å². The monoisotopic (exact) mass is 498 g/mol. The number of ketones is 4. The van der Waals surface area contributed by atoms with E-state index in [2.05, 4.69) is 0 Å². The molecule has 0 heterocycles. The van der Waals surface area contributed by atoms with Gasteiger partial charge in [-0.3, -0.25) is 28.9 Å². The zero-order chi connectivity index (χ0) is 26.7. The van der Waals surface area contributed by atoms with Crippen LogP contribution in [-0.4, -0.2) is 71.4 Å². The average molecular weight is 499 g/mol. The first kappa shape index (κ1) is 26.2. The van der Waals surface area contributed by atoms with Crippen LogP contribution >= 0.6 is 0 Å². The molecule has 3 aliphatic carbocycles. The third kappa shape index (κ3) is 3.47. The molecule has 4 rings (SSSR count). The van der Waals surface area contributed by atoms with E-state index < -0.39 is 70.3 Å². The number of amides is 1. The number of hydrogen-bond acceptors (Lipinski definition) is 8. The number of fused-ring (bicyclic) bond motifs is 3. The molecular formula is C27H34N2O7. The highest BCUT2D eigenvalue weighted by Crippen LogP contribution is 2.56. The second kappa shape index (κ2) is 9.19. The van der Waals surface area contributed by atoms with Gasteiger partial charge >= 0.3 is 0 Å². The molecule has 0 radical (unpaired) electrons. The Morgan fingerprint density at radius 1 is 1.14 bits per heavy atom. The van der Waals surface area contributed by atoms with Crippen LogP contribution in [0.3, 0.4) is 0 Å². The van der Waals surface area contributed by atoms with Crippen LogP contribution in [0.5, 0.6) is 5.75 Å². The minimum atomic E-state index is -2.69. The summed E-state index contributed by atoms with van der Waals surface area (Å²) in [6, 6.07) is 4.23. The number of nitrogens with two attached hydrogens (primary N) is 1. The van der Waals surface area contributed by atoms with Gasteiger partial charge in [0.1, 0.15) is 5.75 Å². The van der Waals surface area contributed by atoms with Gasteiger partial charge in [-0.1, -0.05) is 39.3 Å². The summed E-state index contributed by atoms with van der Waals surface area (Å²) >= 11 is 0.